The summed E-state index contributed by atoms with van der Waals surface area (Å²) < 4.78 is 16.3. The van der Waals surface area contributed by atoms with Crippen molar-refractivity contribution >= 4 is 17.7 Å². The van der Waals surface area contributed by atoms with E-state index in [9.17, 15) is 9.59 Å². The molecule has 0 saturated heterocycles. The summed E-state index contributed by atoms with van der Waals surface area (Å²) in [5.74, 6) is -0.299. The van der Waals surface area contributed by atoms with E-state index in [0.29, 0.717) is 23.4 Å². The van der Waals surface area contributed by atoms with Crippen molar-refractivity contribution in [3.63, 3.8) is 0 Å². The molecule has 0 saturated carbocycles. The molecule has 0 aliphatic carbocycles. The number of fused-ring (bicyclic) bond motifs is 1. The highest BCUT2D eigenvalue weighted by atomic mass is 16.6. The Morgan fingerprint density at radius 3 is 2.53 bits per heavy atom. The predicted molar refractivity (Wildman–Crippen MR) is 114 cm³/mol. The quantitative estimate of drug-likeness (QED) is 0.700. The molecule has 0 radical (unpaired) electrons. The summed E-state index contributed by atoms with van der Waals surface area (Å²) in [6.07, 6.45) is 0.651. The van der Waals surface area contributed by atoms with Gasteiger partial charge in [0.1, 0.15) is 18.0 Å². The summed E-state index contributed by atoms with van der Waals surface area (Å²) in [5, 5.41) is 0. The summed E-state index contributed by atoms with van der Waals surface area (Å²) in [4.78, 5) is 29.3. The number of aliphatic imine (C=N–C) groups is 1. The summed E-state index contributed by atoms with van der Waals surface area (Å²) >= 11 is 0. The standard InChI is InChI=1S/C24H27NO5/c1-15-10-11-18(13-20(15)22(26)28-5)29-14-17-12-16-8-6-7-9-19(16)21(25-17)23(27)30-24(2,3)4/h6-11,13,17H,12,14H2,1-5H3. The highest BCUT2D eigenvalue weighted by molar-refractivity contribution is 6.44. The summed E-state index contributed by atoms with van der Waals surface area (Å²) in [7, 11) is 1.35. The zero-order valence-corrected chi connectivity index (χ0v) is 18.0. The van der Waals surface area contributed by atoms with E-state index >= 15 is 0 Å². The second-order valence-corrected chi connectivity index (χ2v) is 8.27. The number of nitrogens with zero attached hydrogens (tertiary/aromatic N) is 1. The molecule has 6 heteroatoms. The first-order chi connectivity index (χ1) is 14.2. The third-order valence-corrected chi connectivity index (χ3v) is 4.69. The molecule has 0 fully saturated rings. The van der Waals surface area contributed by atoms with Gasteiger partial charge in [-0.25, -0.2) is 9.59 Å². The van der Waals surface area contributed by atoms with E-state index in [-0.39, 0.29) is 12.6 Å². The summed E-state index contributed by atoms with van der Waals surface area (Å²) in [6, 6.07) is 12.7. The first-order valence-electron chi connectivity index (χ1n) is 9.89. The SMILES string of the molecule is COC(=O)c1cc(OCC2Cc3ccccc3C(C(=O)OC(C)(C)C)=N2)ccc1C. The zero-order valence-electron chi connectivity index (χ0n) is 18.0. The lowest BCUT2D eigenvalue weighted by atomic mass is 9.93. The van der Waals surface area contributed by atoms with Gasteiger partial charge in [0.2, 0.25) is 0 Å². The number of carbonyl (C=O) groups excluding carboxylic acids is 2. The molecule has 30 heavy (non-hydrogen) atoms. The van der Waals surface area contributed by atoms with Crippen LogP contribution in [-0.4, -0.2) is 43.0 Å². The van der Waals surface area contributed by atoms with Crippen molar-refractivity contribution in [1.82, 2.24) is 0 Å². The van der Waals surface area contributed by atoms with Gasteiger partial charge in [0, 0.05) is 5.56 Å². The van der Waals surface area contributed by atoms with Crippen molar-refractivity contribution in [1.29, 1.82) is 0 Å². The maximum Gasteiger partial charge on any atom is 0.357 e. The minimum Gasteiger partial charge on any atom is -0.491 e. The first-order valence-corrected chi connectivity index (χ1v) is 9.89. The second kappa shape index (κ2) is 8.69. The maximum atomic E-state index is 12.7. The summed E-state index contributed by atoms with van der Waals surface area (Å²) in [6.45, 7) is 7.60. The molecular weight excluding hydrogens is 382 g/mol. The fraction of sp³-hybridized carbons (Fsp3) is 0.375. The van der Waals surface area contributed by atoms with Crippen LogP contribution in [0, 0.1) is 6.92 Å². The molecule has 1 aliphatic heterocycles. The Balaban J connectivity index is 1.81. The zero-order chi connectivity index (χ0) is 21.9. The highest BCUT2D eigenvalue weighted by Gasteiger charge is 2.29. The molecule has 0 amide bonds. The number of ether oxygens (including phenoxy) is 3. The van der Waals surface area contributed by atoms with E-state index in [2.05, 4.69) is 4.99 Å². The average molecular weight is 409 g/mol. The van der Waals surface area contributed by atoms with Crippen LogP contribution in [-0.2, 0) is 20.7 Å². The molecule has 3 rings (SSSR count). The number of rotatable bonds is 5. The number of benzene rings is 2. The fourth-order valence-electron chi connectivity index (χ4n) is 3.28. The third-order valence-electron chi connectivity index (χ3n) is 4.69. The predicted octanol–water partition coefficient (Wildman–Crippen LogP) is 3.92. The van der Waals surface area contributed by atoms with Gasteiger partial charge in [-0.2, -0.15) is 0 Å². The fourth-order valence-corrected chi connectivity index (χ4v) is 3.28. The van der Waals surface area contributed by atoms with E-state index in [1.165, 1.54) is 7.11 Å². The van der Waals surface area contributed by atoms with Crippen molar-refractivity contribution in [3.8, 4) is 5.75 Å². The summed E-state index contributed by atoms with van der Waals surface area (Å²) in [5.41, 5.74) is 2.81. The minimum atomic E-state index is -0.607. The van der Waals surface area contributed by atoms with Crippen molar-refractivity contribution in [2.45, 2.75) is 45.8 Å². The second-order valence-electron chi connectivity index (χ2n) is 8.27. The largest absolute Gasteiger partial charge is 0.491 e. The van der Waals surface area contributed by atoms with Gasteiger partial charge in [0.15, 0.2) is 5.71 Å². The van der Waals surface area contributed by atoms with Gasteiger partial charge in [-0.1, -0.05) is 30.3 Å². The number of hydrogen-bond acceptors (Lipinski definition) is 6. The molecule has 158 valence electrons. The Morgan fingerprint density at radius 2 is 1.83 bits per heavy atom. The van der Waals surface area contributed by atoms with Crippen LogP contribution in [0.1, 0.15) is 47.8 Å². The maximum absolute atomic E-state index is 12.7. The van der Waals surface area contributed by atoms with Gasteiger partial charge in [0.05, 0.1) is 18.7 Å². The van der Waals surface area contributed by atoms with Crippen LogP contribution >= 0.6 is 0 Å². The van der Waals surface area contributed by atoms with Crippen LogP contribution in [0.25, 0.3) is 0 Å². The van der Waals surface area contributed by atoms with Crippen LogP contribution in [0.15, 0.2) is 47.5 Å². The minimum absolute atomic E-state index is 0.245. The van der Waals surface area contributed by atoms with Crippen LogP contribution in [0.4, 0.5) is 0 Å². The highest BCUT2D eigenvalue weighted by Crippen LogP contribution is 2.24. The molecule has 1 atom stereocenters. The van der Waals surface area contributed by atoms with Crippen LogP contribution in [0.3, 0.4) is 0 Å². The molecule has 0 bridgehead atoms. The van der Waals surface area contributed by atoms with Gasteiger partial charge >= 0.3 is 11.9 Å². The Kier molecular flexibility index (Phi) is 6.25. The third kappa shape index (κ3) is 5.06. The lowest BCUT2D eigenvalue weighted by molar-refractivity contribution is -0.146. The van der Waals surface area contributed by atoms with E-state index in [4.69, 9.17) is 14.2 Å². The van der Waals surface area contributed by atoms with Crippen molar-refractivity contribution in [2.75, 3.05) is 13.7 Å². The number of aryl methyl sites for hydroxylation is 1. The van der Waals surface area contributed by atoms with E-state index in [1.54, 1.807) is 12.1 Å². The Morgan fingerprint density at radius 1 is 1.10 bits per heavy atom. The first kappa shape index (κ1) is 21.6. The Labute approximate surface area is 176 Å². The van der Waals surface area contributed by atoms with Crippen molar-refractivity contribution < 1.29 is 23.8 Å². The molecule has 0 aromatic heterocycles. The Bertz CT molecular complexity index is 987. The normalized spacial score (nSPS) is 15.6. The lowest BCUT2D eigenvalue weighted by Gasteiger charge is -2.25. The molecular formula is C24H27NO5. The van der Waals surface area contributed by atoms with Crippen LogP contribution < -0.4 is 4.74 Å². The molecule has 2 aromatic rings. The molecule has 1 heterocycles. The van der Waals surface area contributed by atoms with Gasteiger partial charge in [-0.15, -0.1) is 0 Å². The van der Waals surface area contributed by atoms with Gasteiger partial charge in [0.25, 0.3) is 0 Å². The van der Waals surface area contributed by atoms with Crippen LogP contribution in [0.2, 0.25) is 0 Å². The monoisotopic (exact) mass is 409 g/mol. The number of methoxy groups -OCH3 is 1. The van der Waals surface area contributed by atoms with Gasteiger partial charge in [-0.3, -0.25) is 4.99 Å². The smallest absolute Gasteiger partial charge is 0.357 e. The van der Waals surface area contributed by atoms with E-state index in [1.807, 2.05) is 58.0 Å². The van der Waals surface area contributed by atoms with Crippen molar-refractivity contribution in [2.24, 2.45) is 4.99 Å². The molecule has 0 spiro atoms. The van der Waals surface area contributed by atoms with E-state index < -0.39 is 17.5 Å². The number of hydrogen-bond donors (Lipinski definition) is 0. The average Bonchev–Trinajstić information content (AvgIpc) is 2.70. The molecule has 1 aliphatic rings. The van der Waals surface area contributed by atoms with Gasteiger partial charge in [-0.05, 0) is 57.4 Å². The topological polar surface area (TPSA) is 74.2 Å². The molecule has 2 aromatic carbocycles. The molecule has 1 unspecified atom stereocenters. The van der Waals surface area contributed by atoms with Gasteiger partial charge < -0.3 is 14.2 Å². The van der Waals surface area contributed by atoms with Crippen LogP contribution in [0.5, 0.6) is 5.75 Å². The number of carbonyl (C=O) groups is 2. The number of esters is 2. The van der Waals surface area contributed by atoms with E-state index in [0.717, 1.165) is 16.7 Å². The molecule has 6 nitrogen and oxygen atoms in total. The Hall–Kier alpha value is -3.15. The lowest BCUT2D eigenvalue weighted by Crippen LogP contribution is -2.34. The molecule has 0 N–H and O–H groups in total. The van der Waals surface area contributed by atoms with Crippen molar-refractivity contribution in [3.05, 3.63) is 64.7 Å².